The summed E-state index contributed by atoms with van der Waals surface area (Å²) in [6.07, 6.45) is 1.07. The molecule has 0 saturated carbocycles. The van der Waals surface area contributed by atoms with Crippen molar-refractivity contribution in [3.8, 4) is 22.6 Å². The Morgan fingerprint density at radius 1 is 0.927 bits per heavy atom. The van der Waals surface area contributed by atoms with Crippen molar-refractivity contribution in [1.82, 2.24) is 10.0 Å². The van der Waals surface area contributed by atoms with E-state index in [0.717, 1.165) is 41.0 Å². The van der Waals surface area contributed by atoms with Crippen molar-refractivity contribution in [2.24, 2.45) is 0 Å². The number of hydrogen-bond donors (Lipinski definition) is 3. The van der Waals surface area contributed by atoms with Gasteiger partial charge in [0.1, 0.15) is 30.3 Å². The molecule has 1 heterocycles. The highest BCUT2D eigenvalue weighted by Crippen LogP contribution is 2.32. The molecule has 0 aromatic heterocycles. The van der Waals surface area contributed by atoms with Crippen molar-refractivity contribution < 1.29 is 27.8 Å². The van der Waals surface area contributed by atoms with E-state index in [1.165, 1.54) is 12.1 Å². The van der Waals surface area contributed by atoms with Crippen molar-refractivity contribution in [3.05, 3.63) is 114 Å². The monoisotopic (exact) mass is 572 g/mol. The van der Waals surface area contributed by atoms with Crippen molar-refractivity contribution in [3.63, 3.8) is 0 Å². The molecule has 0 spiro atoms. The average molecular weight is 573 g/mol. The number of aryl methyl sites for hydroxylation is 1. The fourth-order valence-corrected chi connectivity index (χ4v) is 5.60. The van der Waals surface area contributed by atoms with Crippen LogP contribution in [0.25, 0.3) is 11.1 Å². The molecule has 0 radical (unpaired) electrons. The van der Waals surface area contributed by atoms with E-state index in [1.807, 2.05) is 42.5 Å². The molecule has 1 aliphatic heterocycles. The first-order chi connectivity index (χ1) is 19.9. The van der Waals surface area contributed by atoms with Gasteiger partial charge in [0.15, 0.2) is 0 Å². The van der Waals surface area contributed by atoms with Gasteiger partial charge in [-0.05, 0) is 78.1 Å². The highest BCUT2D eigenvalue weighted by Gasteiger charge is 2.21. The summed E-state index contributed by atoms with van der Waals surface area (Å²) in [6, 6.07) is 30.0. The summed E-state index contributed by atoms with van der Waals surface area (Å²) in [4.78, 5) is 12.6. The van der Waals surface area contributed by atoms with Crippen LogP contribution in [-0.2, 0) is 16.4 Å². The SMILES string of the molecule is O=C(NS(=O)(=O)c1ccccc1)c1ccc(-c2ccc3c(c2)CC[C@@H](CNC[C@H](O)COc2ccccc2)O3)cc1. The summed E-state index contributed by atoms with van der Waals surface area (Å²) < 4.78 is 38.8. The van der Waals surface area contributed by atoms with Gasteiger partial charge in [0.2, 0.25) is 0 Å². The summed E-state index contributed by atoms with van der Waals surface area (Å²) in [7, 11) is -3.94. The van der Waals surface area contributed by atoms with Gasteiger partial charge < -0.3 is 19.9 Å². The Balaban J connectivity index is 1.12. The lowest BCUT2D eigenvalue weighted by atomic mass is 9.96. The Bertz CT molecular complexity index is 1560. The number of rotatable bonds is 11. The molecule has 41 heavy (non-hydrogen) atoms. The third kappa shape index (κ3) is 7.52. The third-order valence-corrected chi connectivity index (χ3v) is 8.14. The number of fused-ring (bicyclic) bond motifs is 1. The Labute approximate surface area is 240 Å². The Morgan fingerprint density at radius 3 is 2.34 bits per heavy atom. The molecule has 0 unspecified atom stereocenters. The molecule has 0 saturated heterocycles. The van der Waals surface area contributed by atoms with Crippen LogP contribution < -0.4 is 19.5 Å². The van der Waals surface area contributed by atoms with Crippen LogP contribution in [0.2, 0.25) is 0 Å². The number of benzene rings is 4. The lowest BCUT2D eigenvalue weighted by Crippen LogP contribution is -2.39. The molecule has 0 fully saturated rings. The van der Waals surface area contributed by atoms with Crippen molar-refractivity contribution >= 4 is 15.9 Å². The first-order valence-electron chi connectivity index (χ1n) is 13.5. The molecule has 0 bridgehead atoms. The molecular weight excluding hydrogens is 540 g/mol. The van der Waals surface area contributed by atoms with Gasteiger partial charge in [-0.3, -0.25) is 4.79 Å². The second-order valence-corrected chi connectivity index (χ2v) is 11.5. The smallest absolute Gasteiger partial charge is 0.264 e. The molecule has 5 rings (SSSR count). The van der Waals surface area contributed by atoms with E-state index in [0.29, 0.717) is 13.1 Å². The van der Waals surface area contributed by atoms with Crippen LogP contribution in [0.4, 0.5) is 0 Å². The molecule has 0 aliphatic carbocycles. The fourth-order valence-electron chi connectivity index (χ4n) is 4.60. The average Bonchev–Trinajstić information content (AvgIpc) is 3.00. The van der Waals surface area contributed by atoms with Crippen LogP contribution >= 0.6 is 0 Å². The molecule has 4 aromatic rings. The number of ether oxygens (including phenoxy) is 2. The van der Waals surface area contributed by atoms with Gasteiger partial charge in [0.05, 0.1) is 4.90 Å². The van der Waals surface area contributed by atoms with Gasteiger partial charge in [-0.15, -0.1) is 0 Å². The Kier molecular flexibility index (Phi) is 8.98. The van der Waals surface area contributed by atoms with Gasteiger partial charge in [-0.25, -0.2) is 13.1 Å². The highest BCUT2D eigenvalue weighted by atomic mass is 32.2. The van der Waals surface area contributed by atoms with Crippen LogP contribution in [0.5, 0.6) is 11.5 Å². The van der Waals surface area contributed by atoms with Crippen LogP contribution in [0, 0.1) is 0 Å². The minimum Gasteiger partial charge on any atom is -0.491 e. The number of hydrogen-bond acceptors (Lipinski definition) is 7. The largest absolute Gasteiger partial charge is 0.491 e. The van der Waals surface area contributed by atoms with E-state index in [9.17, 15) is 18.3 Å². The highest BCUT2D eigenvalue weighted by molar-refractivity contribution is 7.90. The summed E-state index contributed by atoms with van der Waals surface area (Å²) in [6.45, 7) is 1.24. The quantitative estimate of drug-likeness (QED) is 0.247. The van der Waals surface area contributed by atoms with E-state index >= 15 is 0 Å². The number of aliphatic hydroxyl groups is 1. The molecular formula is C32H32N2O6S. The number of para-hydroxylation sites is 1. The van der Waals surface area contributed by atoms with E-state index < -0.39 is 22.0 Å². The third-order valence-electron chi connectivity index (χ3n) is 6.79. The summed E-state index contributed by atoms with van der Waals surface area (Å²) in [5.41, 5.74) is 3.24. The number of nitrogens with one attached hydrogen (secondary N) is 2. The molecule has 4 aromatic carbocycles. The predicted molar refractivity (Wildman–Crippen MR) is 157 cm³/mol. The zero-order chi connectivity index (χ0) is 28.7. The molecule has 1 amide bonds. The van der Waals surface area contributed by atoms with E-state index in [-0.39, 0.29) is 23.2 Å². The Morgan fingerprint density at radius 2 is 1.61 bits per heavy atom. The van der Waals surface area contributed by atoms with E-state index in [2.05, 4.69) is 16.1 Å². The van der Waals surface area contributed by atoms with Gasteiger partial charge >= 0.3 is 0 Å². The molecule has 3 N–H and O–H groups in total. The molecule has 9 heteroatoms. The molecule has 212 valence electrons. The number of carbonyl (C=O) groups excluding carboxylic acids is 1. The first-order valence-corrected chi connectivity index (χ1v) is 14.9. The minimum absolute atomic E-state index is 0.000512. The number of carbonyl (C=O) groups is 1. The van der Waals surface area contributed by atoms with Gasteiger partial charge in [0.25, 0.3) is 15.9 Å². The topological polar surface area (TPSA) is 114 Å². The van der Waals surface area contributed by atoms with Crippen LogP contribution in [0.1, 0.15) is 22.3 Å². The predicted octanol–water partition coefficient (Wildman–Crippen LogP) is 4.20. The maximum atomic E-state index is 12.6. The second kappa shape index (κ2) is 13.0. The number of amides is 1. The second-order valence-electron chi connectivity index (χ2n) is 9.86. The standard InChI is InChI=1S/C32H32N2O6S/c35-27(22-39-28-7-3-1-4-8-28)20-33-21-29-17-15-26-19-25(16-18-31(26)40-29)23-11-13-24(14-12-23)32(36)34-41(37,38)30-9-5-2-6-10-30/h1-14,16,18-19,27,29,33,35H,15,17,20-22H2,(H,34,36)/t27-,29-/m0/s1. The summed E-state index contributed by atoms with van der Waals surface area (Å²) in [5, 5.41) is 13.5. The lowest BCUT2D eigenvalue weighted by Gasteiger charge is -2.27. The normalized spacial score (nSPS) is 15.3. The van der Waals surface area contributed by atoms with Gasteiger partial charge in [-0.2, -0.15) is 0 Å². The van der Waals surface area contributed by atoms with E-state index in [1.54, 1.807) is 42.5 Å². The molecule has 8 nitrogen and oxygen atoms in total. The van der Waals surface area contributed by atoms with Gasteiger partial charge in [-0.1, -0.05) is 54.6 Å². The molecule has 1 aliphatic rings. The van der Waals surface area contributed by atoms with Crippen LogP contribution in [0.3, 0.4) is 0 Å². The first kappa shape index (κ1) is 28.4. The maximum Gasteiger partial charge on any atom is 0.264 e. The fraction of sp³-hybridized carbons (Fsp3) is 0.219. The number of aliphatic hydroxyl groups excluding tert-OH is 1. The maximum absolute atomic E-state index is 12.6. The van der Waals surface area contributed by atoms with Crippen molar-refractivity contribution in [1.29, 1.82) is 0 Å². The van der Waals surface area contributed by atoms with Crippen LogP contribution in [0.15, 0.2) is 108 Å². The zero-order valence-electron chi connectivity index (χ0n) is 22.4. The van der Waals surface area contributed by atoms with Crippen molar-refractivity contribution in [2.75, 3.05) is 19.7 Å². The molecule has 2 atom stereocenters. The van der Waals surface area contributed by atoms with Gasteiger partial charge in [0, 0.05) is 18.7 Å². The summed E-state index contributed by atoms with van der Waals surface area (Å²) in [5.74, 6) is 0.880. The Hall–Kier alpha value is -4.18. The van der Waals surface area contributed by atoms with Crippen molar-refractivity contribution in [2.45, 2.75) is 29.9 Å². The van der Waals surface area contributed by atoms with Crippen LogP contribution in [-0.4, -0.2) is 51.3 Å². The minimum atomic E-state index is -3.94. The van der Waals surface area contributed by atoms with E-state index in [4.69, 9.17) is 9.47 Å². The number of sulfonamides is 1. The summed E-state index contributed by atoms with van der Waals surface area (Å²) >= 11 is 0. The lowest BCUT2D eigenvalue weighted by molar-refractivity contribution is 0.0980. The zero-order valence-corrected chi connectivity index (χ0v) is 23.2.